The van der Waals surface area contributed by atoms with Gasteiger partial charge in [-0.2, -0.15) is 0 Å². The minimum atomic E-state index is 0.257. The van der Waals surface area contributed by atoms with Crippen LogP contribution in [-0.4, -0.2) is 36.8 Å². The lowest BCUT2D eigenvalue weighted by Gasteiger charge is -2.25. The quantitative estimate of drug-likeness (QED) is 0.639. The van der Waals surface area contributed by atoms with E-state index in [1.54, 1.807) is 0 Å². The Morgan fingerprint density at radius 2 is 1.80 bits per heavy atom. The predicted octanol–water partition coefficient (Wildman–Crippen LogP) is 0.957. The monoisotopic (exact) mass is 145 g/mol. The lowest BCUT2D eigenvalue weighted by molar-refractivity contribution is 0.179. The highest BCUT2D eigenvalue weighted by atomic mass is 16.3. The van der Waals surface area contributed by atoms with Gasteiger partial charge in [0.05, 0.1) is 6.61 Å². The molecule has 0 aromatic rings. The van der Waals surface area contributed by atoms with Crippen molar-refractivity contribution >= 4 is 0 Å². The van der Waals surface area contributed by atoms with Gasteiger partial charge in [-0.15, -0.1) is 0 Å². The lowest BCUT2D eigenvalue weighted by atomic mass is 9.96. The molecule has 0 saturated heterocycles. The van der Waals surface area contributed by atoms with E-state index >= 15 is 0 Å². The van der Waals surface area contributed by atoms with Gasteiger partial charge in [-0.05, 0) is 12.5 Å². The summed E-state index contributed by atoms with van der Waals surface area (Å²) in [6.07, 6.45) is 0. The van der Waals surface area contributed by atoms with Crippen LogP contribution < -0.4 is 0 Å². The first kappa shape index (κ1) is 9.92. The summed E-state index contributed by atoms with van der Waals surface area (Å²) in [5.41, 5.74) is 0.337. The molecule has 0 unspecified atom stereocenters. The first-order valence-corrected chi connectivity index (χ1v) is 3.75. The van der Waals surface area contributed by atoms with E-state index in [1.165, 1.54) is 0 Å². The van der Waals surface area contributed by atoms with E-state index in [-0.39, 0.29) is 6.61 Å². The largest absolute Gasteiger partial charge is 0.395 e. The Bertz CT molecular complexity index is 85.7. The Morgan fingerprint density at radius 3 is 2.10 bits per heavy atom. The molecule has 0 rings (SSSR count). The summed E-state index contributed by atoms with van der Waals surface area (Å²) in [5.74, 6) is 0. The van der Waals surface area contributed by atoms with Gasteiger partial charge in [0.15, 0.2) is 0 Å². The Kier molecular flexibility index (Phi) is 3.91. The van der Waals surface area contributed by atoms with Gasteiger partial charge in [-0.1, -0.05) is 20.8 Å². The maximum atomic E-state index is 8.59. The summed E-state index contributed by atoms with van der Waals surface area (Å²) in [4.78, 5) is 2.14. The maximum Gasteiger partial charge on any atom is 0.0558 e. The van der Waals surface area contributed by atoms with Crippen LogP contribution in [0.15, 0.2) is 0 Å². The molecule has 0 aromatic carbocycles. The van der Waals surface area contributed by atoms with Crippen LogP contribution in [0.2, 0.25) is 0 Å². The van der Waals surface area contributed by atoms with Crippen molar-refractivity contribution < 1.29 is 5.11 Å². The Labute approximate surface area is 63.8 Å². The molecule has 0 radical (unpaired) electrons. The van der Waals surface area contributed by atoms with E-state index in [2.05, 4.69) is 25.7 Å². The summed E-state index contributed by atoms with van der Waals surface area (Å²) < 4.78 is 0. The molecular weight excluding hydrogens is 126 g/mol. The van der Waals surface area contributed by atoms with Gasteiger partial charge in [-0.3, -0.25) is 0 Å². The number of nitrogens with zero attached hydrogens (tertiary/aromatic N) is 1. The van der Waals surface area contributed by atoms with E-state index in [9.17, 15) is 0 Å². The van der Waals surface area contributed by atoms with Gasteiger partial charge in [0.2, 0.25) is 0 Å². The number of aliphatic hydroxyl groups excluding tert-OH is 1. The van der Waals surface area contributed by atoms with Crippen LogP contribution >= 0.6 is 0 Å². The van der Waals surface area contributed by atoms with E-state index in [0.717, 1.165) is 13.1 Å². The molecule has 0 aliphatic carbocycles. The van der Waals surface area contributed by atoms with Crippen LogP contribution in [-0.2, 0) is 0 Å². The SMILES string of the molecule is CN(CCO)CC(C)(C)C. The zero-order chi connectivity index (χ0) is 8.20. The van der Waals surface area contributed by atoms with E-state index < -0.39 is 0 Å². The van der Waals surface area contributed by atoms with Crippen molar-refractivity contribution in [1.82, 2.24) is 4.90 Å². The summed E-state index contributed by atoms with van der Waals surface area (Å²) in [7, 11) is 2.03. The summed E-state index contributed by atoms with van der Waals surface area (Å²) in [6, 6.07) is 0. The molecule has 0 aliphatic rings. The average molecular weight is 145 g/mol. The zero-order valence-electron chi connectivity index (χ0n) is 7.52. The minimum absolute atomic E-state index is 0.257. The average Bonchev–Trinajstić information content (AvgIpc) is 1.59. The third-order valence-corrected chi connectivity index (χ3v) is 1.23. The highest BCUT2D eigenvalue weighted by Crippen LogP contribution is 2.13. The van der Waals surface area contributed by atoms with E-state index in [0.29, 0.717) is 5.41 Å². The standard InChI is InChI=1S/C8H19NO/c1-8(2,3)7-9(4)5-6-10/h10H,5-7H2,1-4H3. The molecule has 0 spiro atoms. The minimum Gasteiger partial charge on any atom is -0.395 e. The third kappa shape index (κ3) is 6.05. The molecule has 0 aromatic heterocycles. The fraction of sp³-hybridized carbons (Fsp3) is 1.00. The van der Waals surface area contributed by atoms with E-state index in [1.807, 2.05) is 7.05 Å². The Balaban J connectivity index is 3.47. The molecule has 0 heterocycles. The van der Waals surface area contributed by atoms with Crippen molar-refractivity contribution in [3.63, 3.8) is 0 Å². The Morgan fingerprint density at radius 1 is 1.30 bits per heavy atom. The van der Waals surface area contributed by atoms with Gasteiger partial charge in [0.25, 0.3) is 0 Å². The summed E-state index contributed by atoms with van der Waals surface area (Å²) >= 11 is 0. The Hall–Kier alpha value is -0.0800. The number of aliphatic hydroxyl groups is 1. The molecule has 10 heavy (non-hydrogen) atoms. The topological polar surface area (TPSA) is 23.5 Å². The molecule has 0 saturated carbocycles. The van der Waals surface area contributed by atoms with Crippen LogP contribution in [0.4, 0.5) is 0 Å². The predicted molar refractivity (Wildman–Crippen MR) is 44.0 cm³/mol. The normalized spacial score (nSPS) is 12.6. The molecule has 0 atom stereocenters. The molecule has 0 fully saturated rings. The number of likely N-dealkylation sites (N-methyl/N-ethyl adjacent to an activating group) is 1. The van der Waals surface area contributed by atoms with Gasteiger partial charge < -0.3 is 10.0 Å². The van der Waals surface area contributed by atoms with Gasteiger partial charge in [0.1, 0.15) is 0 Å². The number of rotatable bonds is 3. The van der Waals surface area contributed by atoms with Crippen molar-refractivity contribution in [2.45, 2.75) is 20.8 Å². The molecule has 2 heteroatoms. The molecular formula is C8H19NO. The molecule has 0 amide bonds. The molecule has 0 bridgehead atoms. The summed E-state index contributed by atoms with van der Waals surface area (Å²) in [5, 5.41) is 8.59. The van der Waals surface area contributed by atoms with Crippen LogP contribution in [0.1, 0.15) is 20.8 Å². The van der Waals surface area contributed by atoms with Crippen LogP contribution in [0.5, 0.6) is 0 Å². The van der Waals surface area contributed by atoms with Crippen molar-refractivity contribution in [3.05, 3.63) is 0 Å². The number of hydrogen-bond donors (Lipinski definition) is 1. The van der Waals surface area contributed by atoms with Crippen LogP contribution in [0.3, 0.4) is 0 Å². The molecule has 0 aliphatic heterocycles. The fourth-order valence-corrected chi connectivity index (χ4v) is 1.06. The van der Waals surface area contributed by atoms with Crippen molar-refractivity contribution in [1.29, 1.82) is 0 Å². The molecule has 1 N–H and O–H groups in total. The zero-order valence-corrected chi connectivity index (χ0v) is 7.52. The van der Waals surface area contributed by atoms with Gasteiger partial charge in [-0.25, -0.2) is 0 Å². The highest BCUT2D eigenvalue weighted by molar-refractivity contribution is 4.65. The second-order valence-corrected chi connectivity index (χ2v) is 4.02. The fourth-order valence-electron chi connectivity index (χ4n) is 1.06. The van der Waals surface area contributed by atoms with E-state index in [4.69, 9.17) is 5.11 Å². The molecule has 2 nitrogen and oxygen atoms in total. The highest BCUT2D eigenvalue weighted by Gasteiger charge is 2.12. The van der Waals surface area contributed by atoms with Crippen molar-refractivity contribution in [2.75, 3.05) is 26.7 Å². The lowest BCUT2D eigenvalue weighted by Crippen LogP contribution is -2.31. The first-order chi connectivity index (χ1) is 4.45. The second kappa shape index (κ2) is 3.94. The van der Waals surface area contributed by atoms with Crippen LogP contribution in [0, 0.1) is 5.41 Å². The number of hydrogen-bond acceptors (Lipinski definition) is 2. The van der Waals surface area contributed by atoms with Gasteiger partial charge in [0, 0.05) is 13.1 Å². The van der Waals surface area contributed by atoms with Gasteiger partial charge >= 0.3 is 0 Å². The smallest absolute Gasteiger partial charge is 0.0558 e. The molecule has 62 valence electrons. The third-order valence-electron chi connectivity index (χ3n) is 1.23. The maximum absolute atomic E-state index is 8.59. The van der Waals surface area contributed by atoms with Crippen molar-refractivity contribution in [3.8, 4) is 0 Å². The van der Waals surface area contributed by atoms with Crippen LogP contribution in [0.25, 0.3) is 0 Å². The second-order valence-electron chi connectivity index (χ2n) is 4.02. The summed E-state index contributed by atoms with van der Waals surface area (Å²) in [6.45, 7) is 8.65. The van der Waals surface area contributed by atoms with Crippen molar-refractivity contribution in [2.24, 2.45) is 5.41 Å². The first-order valence-electron chi connectivity index (χ1n) is 3.75.